The Morgan fingerprint density at radius 1 is 1.16 bits per heavy atom. The van der Waals surface area contributed by atoms with Crippen molar-refractivity contribution in [2.75, 3.05) is 0 Å². The number of rotatable bonds is 4. The fraction of sp³-hybridized carbons (Fsp3) is 0.200. The van der Waals surface area contributed by atoms with Crippen molar-refractivity contribution in [2.45, 2.75) is 19.9 Å². The first-order chi connectivity index (χ1) is 9.15. The molecule has 2 rings (SSSR count). The minimum atomic E-state index is -0.713. The molecule has 0 unspecified atom stereocenters. The molecule has 0 radical (unpaired) electrons. The Balaban J connectivity index is 2.66. The van der Waals surface area contributed by atoms with Crippen LogP contribution in [0.3, 0.4) is 0 Å². The highest BCUT2D eigenvalue weighted by Gasteiger charge is 2.13. The summed E-state index contributed by atoms with van der Waals surface area (Å²) in [5.74, 6) is 0. The molecular weight excluding hydrogens is 262 g/mol. The summed E-state index contributed by atoms with van der Waals surface area (Å²) in [4.78, 5) is 23.5. The molecule has 1 aromatic carbocycles. The van der Waals surface area contributed by atoms with E-state index in [0.717, 1.165) is 17.7 Å². The minimum Gasteiger partial charge on any atom is -0.308 e. The molecule has 19 heavy (non-hydrogen) atoms. The van der Waals surface area contributed by atoms with Crippen LogP contribution in [0.5, 0.6) is 0 Å². The Hall–Kier alpha value is -1.87. The highest BCUT2D eigenvalue weighted by Crippen LogP contribution is 2.18. The van der Waals surface area contributed by atoms with Crippen molar-refractivity contribution in [3.8, 4) is 11.3 Å². The molecule has 0 saturated heterocycles. The fourth-order valence-corrected chi connectivity index (χ4v) is 2.18. The molecule has 0 amide bonds. The molecule has 0 N–H and O–H groups in total. The normalized spacial score (nSPS) is 10.4. The van der Waals surface area contributed by atoms with Crippen LogP contribution in [0.4, 0.5) is 0 Å². The van der Waals surface area contributed by atoms with Crippen LogP contribution in [0.1, 0.15) is 23.7 Å². The van der Waals surface area contributed by atoms with Gasteiger partial charge in [-0.3, -0.25) is 9.59 Å². The van der Waals surface area contributed by atoms with Gasteiger partial charge in [0.25, 0.3) is 10.8 Å². The monoisotopic (exact) mass is 275 g/mol. The third-order valence-electron chi connectivity index (χ3n) is 2.90. The molecule has 0 spiro atoms. The zero-order valence-electron chi connectivity index (χ0n) is 10.6. The first-order valence-corrected chi connectivity index (χ1v) is 6.52. The Labute approximate surface area is 116 Å². The summed E-state index contributed by atoms with van der Waals surface area (Å²) in [5.41, 5.74) is 1.44. The molecule has 1 aromatic heterocycles. The van der Waals surface area contributed by atoms with Gasteiger partial charge in [-0.05, 0) is 35.7 Å². The minimum absolute atomic E-state index is 0.0230. The molecule has 98 valence electrons. The van der Waals surface area contributed by atoms with Gasteiger partial charge in [0.05, 0.1) is 11.3 Å². The van der Waals surface area contributed by atoms with Gasteiger partial charge in [-0.25, -0.2) is 0 Å². The molecule has 1 heterocycles. The smallest absolute Gasteiger partial charge is 0.263 e. The molecule has 0 bridgehead atoms. The highest BCUT2D eigenvalue weighted by molar-refractivity contribution is 6.67. The standard InChI is InChI=1S/C15H14ClNO2/c1-2-10-17-13(11-6-4-3-5-7-11)9-8-12(14(16)18)15(17)19/h3-9H,2,10H2,1H3. The van der Waals surface area contributed by atoms with Crippen LogP contribution in [0, 0.1) is 0 Å². The Morgan fingerprint density at radius 2 is 1.84 bits per heavy atom. The van der Waals surface area contributed by atoms with Crippen molar-refractivity contribution in [1.82, 2.24) is 4.57 Å². The fourth-order valence-electron chi connectivity index (χ4n) is 2.03. The molecule has 0 saturated carbocycles. The van der Waals surface area contributed by atoms with Crippen LogP contribution in [0.15, 0.2) is 47.3 Å². The second-order valence-electron chi connectivity index (χ2n) is 4.23. The van der Waals surface area contributed by atoms with E-state index in [2.05, 4.69) is 0 Å². The first kappa shape index (κ1) is 13.6. The van der Waals surface area contributed by atoms with E-state index in [1.54, 1.807) is 10.6 Å². The van der Waals surface area contributed by atoms with Crippen LogP contribution in [-0.4, -0.2) is 9.81 Å². The largest absolute Gasteiger partial charge is 0.308 e. The van der Waals surface area contributed by atoms with Crippen molar-refractivity contribution in [2.24, 2.45) is 0 Å². The molecule has 0 aliphatic carbocycles. The third kappa shape index (κ3) is 2.76. The summed E-state index contributed by atoms with van der Waals surface area (Å²) in [7, 11) is 0. The van der Waals surface area contributed by atoms with Crippen molar-refractivity contribution < 1.29 is 4.79 Å². The maximum absolute atomic E-state index is 12.3. The average molecular weight is 276 g/mol. The molecular formula is C15H14ClNO2. The van der Waals surface area contributed by atoms with Gasteiger partial charge in [0.2, 0.25) is 0 Å². The molecule has 4 heteroatoms. The molecule has 3 nitrogen and oxygen atoms in total. The number of carbonyl (C=O) groups excluding carboxylic acids is 1. The number of hydrogen-bond donors (Lipinski definition) is 0. The number of halogens is 1. The lowest BCUT2D eigenvalue weighted by Gasteiger charge is -2.13. The van der Waals surface area contributed by atoms with Gasteiger partial charge in [0.15, 0.2) is 0 Å². The predicted octanol–water partition coefficient (Wildman–Crippen LogP) is 3.30. The lowest BCUT2D eigenvalue weighted by Crippen LogP contribution is -2.26. The van der Waals surface area contributed by atoms with E-state index >= 15 is 0 Å². The number of hydrogen-bond acceptors (Lipinski definition) is 2. The summed E-state index contributed by atoms with van der Waals surface area (Å²) in [6.45, 7) is 2.54. The molecule has 0 fully saturated rings. The van der Waals surface area contributed by atoms with E-state index in [1.165, 1.54) is 6.07 Å². The molecule has 0 aliphatic heterocycles. The summed E-state index contributed by atoms with van der Waals surface area (Å²) in [5, 5.41) is -0.713. The Bertz CT molecular complexity index is 647. The molecule has 2 aromatic rings. The van der Waals surface area contributed by atoms with Gasteiger partial charge in [0, 0.05) is 6.54 Å². The second-order valence-corrected chi connectivity index (χ2v) is 4.57. The number of benzene rings is 1. The highest BCUT2D eigenvalue weighted by atomic mass is 35.5. The topological polar surface area (TPSA) is 39.1 Å². The van der Waals surface area contributed by atoms with Gasteiger partial charge in [-0.2, -0.15) is 0 Å². The maximum Gasteiger partial charge on any atom is 0.263 e. The van der Waals surface area contributed by atoms with Gasteiger partial charge in [-0.15, -0.1) is 0 Å². The Kier molecular flexibility index (Phi) is 4.17. The van der Waals surface area contributed by atoms with E-state index in [9.17, 15) is 9.59 Å². The average Bonchev–Trinajstić information content (AvgIpc) is 2.41. The van der Waals surface area contributed by atoms with Crippen molar-refractivity contribution in [3.05, 3.63) is 58.4 Å². The lowest BCUT2D eigenvalue weighted by atomic mass is 10.1. The first-order valence-electron chi connectivity index (χ1n) is 6.14. The molecule has 0 atom stereocenters. The van der Waals surface area contributed by atoms with Crippen molar-refractivity contribution in [3.63, 3.8) is 0 Å². The predicted molar refractivity (Wildman–Crippen MR) is 76.6 cm³/mol. The summed E-state index contributed by atoms with van der Waals surface area (Å²) in [6.07, 6.45) is 0.805. The number of pyridine rings is 1. The van der Waals surface area contributed by atoms with E-state index < -0.39 is 5.24 Å². The summed E-state index contributed by atoms with van der Waals surface area (Å²) >= 11 is 5.43. The zero-order chi connectivity index (χ0) is 13.8. The van der Waals surface area contributed by atoms with E-state index in [-0.39, 0.29) is 11.1 Å². The maximum atomic E-state index is 12.3. The lowest BCUT2D eigenvalue weighted by molar-refractivity contribution is 0.107. The van der Waals surface area contributed by atoms with E-state index in [0.29, 0.717) is 6.54 Å². The van der Waals surface area contributed by atoms with Crippen molar-refractivity contribution >= 4 is 16.8 Å². The van der Waals surface area contributed by atoms with Gasteiger partial charge in [-0.1, -0.05) is 37.3 Å². The van der Waals surface area contributed by atoms with Crippen LogP contribution in [-0.2, 0) is 6.54 Å². The van der Waals surface area contributed by atoms with Crippen molar-refractivity contribution in [1.29, 1.82) is 0 Å². The number of nitrogens with zero attached hydrogens (tertiary/aromatic N) is 1. The van der Waals surface area contributed by atoms with Gasteiger partial charge in [0.1, 0.15) is 0 Å². The molecule has 0 aliphatic rings. The quantitative estimate of drug-likeness (QED) is 0.803. The van der Waals surface area contributed by atoms with Crippen LogP contribution < -0.4 is 5.56 Å². The van der Waals surface area contributed by atoms with E-state index in [1.807, 2.05) is 37.3 Å². The number of aromatic nitrogens is 1. The van der Waals surface area contributed by atoms with Gasteiger partial charge >= 0.3 is 0 Å². The third-order valence-corrected chi connectivity index (χ3v) is 3.11. The second kappa shape index (κ2) is 5.85. The van der Waals surface area contributed by atoms with Crippen LogP contribution in [0.25, 0.3) is 11.3 Å². The van der Waals surface area contributed by atoms with E-state index in [4.69, 9.17) is 11.6 Å². The number of carbonyl (C=O) groups is 1. The zero-order valence-corrected chi connectivity index (χ0v) is 11.4. The van der Waals surface area contributed by atoms with Crippen LogP contribution >= 0.6 is 11.6 Å². The SMILES string of the molecule is CCCn1c(-c2ccccc2)ccc(C(=O)Cl)c1=O. The van der Waals surface area contributed by atoms with Gasteiger partial charge < -0.3 is 4.57 Å². The Morgan fingerprint density at radius 3 is 2.42 bits per heavy atom. The van der Waals surface area contributed by atoms with Crippen LogP contribution in [0.2, 0.25) is 0 Å². The summed E-state index contributed by atoms with van der Waals surface area (Å²) in [6, 6.07) is 12.9. The summed E-state index contributed by atoms with van der Waals surface area (Å²) < 4.78 is 1.60.